The number of carbonyl (C=O) groups excluding carboxylic acids is 1. The van der Waals surface area contributed by atoms with Gasteiger partial charge in [0.1, 0.15) is 0 Å². The lowest BCUT2D eigenvalue weighted by atomic mass is 10.1. The number of para-hydroxylation sites is 1. The second-order valence-electron chi connectivity index (χ2n) is 5.43. The molecule has 4 heteroatoms. The minimum absolute atomic E-state index is 0.0783. The van der Waals surface area contributed by atoms with Gasteiger partial charge in [-0.25, -0.2) is 0 Å². The van der Waals surface area contributed by atoms with E-state index < -0.39 is 0 Å². The molecule has 2 atom stereocenters. The van der Waals surface area contributed by atoms with Crippen LogP contribution in [0, 0.1) is 0 Å². The van der Waals surface area contributed by atoms with Gasteiger partial charge >= 0.3 is 0 Å². The Kier molecular flexibility index (Phi) is 3.36. The van der Waals surface area contributed by atoms with Crippen LogP contribution in [-0.4, -0.2) is 12.3 Å². The number of nitrogens with zero attached hydrogens (tertiary/aromatic N) is 1. The third-order valence-corrected chi connectivity index (χ3v) is 6.14. The number of Topliss-reactive ketones (excluding diaryl/α,β-unsaturated/α-hetero) is 1. The van der Waals surface area contributed by atoms with E-state index >= 15 is 0 Å². The van der Waals surface area contributed by atoms with Gasteiger partial charge in [-0.3, -0.25) is 4.79 Å². The minimum Gasteiger partial charge on any atom is -0.335 e. The fraction of sp³-hybridized carbons (Fsp3) is 0.167. The summed E-state index contributed by atoms with van der Waals surface area (Å²) in [5.74, 6) is 0.171. The monoisotopic (exact) mass is 325 g/mol. The summed E-state index contributed by atoms with van der Waals surface area (Å²) in [6, 6.07) is 16.3. The summed E-state index contributed by atoms with van der Waals surface area (Å²) in [6.07, 6.45) is 0. The number of anilines is 1. The molecule has 1 aliphatic heterocycles. The Labute approximate surface area is 136 Å². The first-order valence-corrected chi connectivity index (χ1v) is 8.88. The highest BCUT2D eigenvalue weighted by Gasteiger charge is 2.38. The van der Waals surface area contributed by atoms with Crippen molar-refractivity contribution in [2.24, 2.45) is 0 Å². The van der Waals surface area contributed by atoms with E-state index in [1.165, 1.54) is 10.6 Å². The van der Waals surface area contributed by atoms with E-state index in [2.05, 4.69) is 51.4 Å². The maximum atomic E-state index is 12.9. The highest BCUT2D eigenvalue weighted by Crippen LogP contribution is 2.52. The molecule has 0 aromatic heterocycles. The predicted octanol–water partition coefficient (Wildman–Crippen LogP) is 4.64. The van der Waals surface area contributed by atoms with Crippen molar-refractivity contribution in [2.45, 2.75) is 17.5 Å². The molecule has 2 unspecified atom stereocenters. The number of thioether (sulfide) groups is 1. The van der Waals surface area contributed by atoms with E-state index in [0.717, 1.165) is 28.3 Å². The lowest BCUT2D eigenvalue weighted by Crippen LogP contribution is -2.19. The van der Waals surface area contributed by atoms with Gasteiger partial charge in [0, 0.05) is 28.2 Å². The second-order valence-corrected chi connectivity index (χ2v) is 7.12. The summed E-state index contributed by atoms with van der Waals surface area (Å²) in [7, 11) is 2.85. The Balaban J connectivity index is 1.89. The standard InChI is InChI=1S/C18H16NOPS/c1-2-19-13-9-5-6-10-14(13)22-18(19)15-16(20)11-7-3-4-8-12(11)17(15)21/h3-10,17H,2,21H2,1H3/b18-15+. The molecule has 0 N–H and O–H groups in total. The SMILES string of the molecule is CCN1/C(=C2/C(=O)c3ccccc3C2P)Sc2ccccc21. The topological polar surface area (TPSA) is 20.3 Å². The van der Waals surface area contributed by atoms with Crippen LogP contribution in [0.15, 0.2) is 64.0 Å². The molecule has 1 aliphatic carbocycles. The first kappa shape index (κ1) is 14.0. The van der Waals surface area contributed by atoms with Crippen molar-refractivity contribution in [3.8, 4) is 0 Å². The zero-order valence-corrected chi connectivity index (χ0v) is 14.2. The van der Waals surface area contributed by atoms with Crippen molar-refractivity contribution >= 4 is 32.5 Å². The van der Waals surface area contributed by atoms with Crippen molar-refractivity contribution < 1.29 is 4.79 Å². The lowest BCUT2D eigenvalue weighted by Gasteiger charge is -2.21. The van der Waals surface area contributed by atoms with E-state index in [0.29, 0.717) is 0 Å². The van der Waals surface area contributed by atoms with Crippen molar-refractivity contribution in [2.75, 3.05) is 11.4 Å². The maximum Gasteiger partial charge on any atom is 0.192 e. The third kappa shape index (κ3) is 1.89. The second kappa shape index (κ2) is 5.26. The van der Waals surface area contributed by atoms with Crippen LogP contribution < -0.4 is 4.90 Å². The molecule has 0 saturated heterocycles. The summed E-state index contributed by atoms with van der Waals surface area (Å²) in [5.41, 5.74) is 4.16. The zero-order chi connectivity index (χ0) is 15.3. The normalized spacial score (nSPS) is 22.9. The summed E-state index contributed by atoms with van der Waals surface area (Å²) in [5, 5.41) is 1.09. The summed E-state index contributed by atoms with van der Waals surface area (Å²) >= 11 is 1.72. The molecule has 2 nitrogen and oxygen atoms in total. The number of hydrogen-bond donors (Lipinski definition) is 0. The molecule has 2 aromatic carbocycles. The smallest absolute Gasteiger partial charge is 0.192 e. The van der Waals surface area contributed by atoms with E-state index in [4.69, 9.17) is 0 Å². The molecule has 110 valence electrons. The van der Waals surface area contributed by atoms with Gasteiger partial charge in [0.25, 0.3) is 0 Å². The molecule has 0 radical (unpaired) electrons. The van der Waals surface area contributed by atoms with Crippen LogP contribution in [0.3, 0.4) is 0 Å². The van der Waals surface area contributed by atoms with Crippen molar-refractivity contribution in [1.82, 2.24) is 0 Å². The molecule has 0 amide bonds. The van der Waals surface area contributed by atoms with Gasteiger partial charge in [-0.15, -0.1) is 9.24 Å². The van der Waals surface area contributed by atoms with Crippen LogP contribution in [0.2, 0.25) is 0 Å². The van der Waals surface area contributed by atoms with Gasteiger partial charge in [-0.2, -0.15) is 0 Å². The van der Waals surface area contributed by atoms with Crippen LogP contribution in [0.4, 0.5) is 5.69 Å². The molecular weight excluding hydrogens is 309 g/mol. The Morgan fingerprint density at radius 1 is 1.14 bits per heavy atom. The first-order valence-electron chi connectivity index (χ1n) is 7.40. The lowest BCUT2D eigenvalue weighted by molar-refractivity contribution is 0.103. The number of fused-ring (bicyclic) bond motifs is 2. The number of carbonyl (C=O) groups is 1. The molecule has 0 spiro atoms. The number of rotatable bonds is 1. The molecule has 1 heterocycles. The molecule has 0 fully saturated rings. The largest absolute Gasteiger partial charge is 0.335 e. The Morgan fingerprint density at radius 3 is 2.64 bits per heavy atom. The Morgan fingerprint density at radius 2 is 1.86 bits per heavy atom. The quantitative estimate of drug-likeness (QED) is 0.562. The zero-order valence-electron chi connectivity index (χ0n) is 12.2. The van der Waals surface area contributed by atoms with E-state index in [9.17, 15) is 4.79 Å². The minimum atomic E-state index is 0.0783. The van der Waals surface area contributed by atoms with Crippen molar-refractivity contribution in [1.29, 1.82) is 0 Å². The van der Waals surface area contributed by atoms with Crippen molar-refractivity contribution in [3.63, 3.8) is 0 Å². The molecular formula is C18H16NOPS. The Hall–Kier alpha value is -1.57. The van der Waals surface area contributed by atoms with Crippen molar-refractivity contribution in [3.05, 3.63) is 70.3 Å². The van der Waals surface area contributed by atoms with Gasteiger partial charge < -0.3 is 4.90 Å². The van der Waals surface area contributed by atoms with E-state index in [-0.39, 0.29) is 11.4 Å². The molecule has 22 heavy (non-hydrogen) atoms. The predicted molar refractivity (Wildman–Crippen MR) is 95.6 cm³/mol. The van der Waals surface area contributed by atoms with Gasteiger partial charge in [-0.1, -0.05) is 48.2 Å². The van der Waals surface area contributed by atoms with E-state index in [1.807, 2.05) is 18.2 Å². The summed E-state index contributed by atoms with van der Waals surface area (Å²) < 4.78 is 0. The third-order valence-electron chi connectivity index (χ3n) is 4.25. The maximum absolute atomic E-state index is 12.9. The summed E-state index contributed by atoms with van der Waals surface area (Å²) in [6.45, 7) is 3.00. The average molecular weight is 325 g/mol. The van der Waals surface area contributed by atoms with Crippen LogP contribution >= 0.6 is 21.0 Å². The van der Waals surface area contributed by atoms with Gasteiger partial charge in [0.2, 0.25) is 0 Å². The molecule has 2 aromatic rings. The van der Waals surface area contributed by atoms with Gasteiger partial charge in [0.05, 0.1) is 10.7 Å². The molecule has 0 saturated carbocycles. The molecule has 4 rings (SSSR count). The van der Waals surface area contributed by atoms with E-state index in [1.54, 1.807) is 11.8 Å². The molecule has 0 bridgehead atoms. The van der Waals surface area contributed by atoms with Gasteiger partial charge in [-0.05, 0) is 24.6 Å². The van der Waals surface area contributed by atoms with Crippen LogP contribution in [-0.2, 0) is 0 Å². The Bertz CT molecular complexity index is 814. The number of allylic oxidation sites excluding steroid dienone is 1. The molecule has 2 aliphatic rings. The number of ketones is 1. The fourth-order valence-electron chi connectivity index (χ4n) is 3.20. The van der Waals surface area contributed by atoms with Crippen LogP contribution in [0.1, 0.15) is 28.5 Å². The first-order chi connectivity index (χ1) is 10.7. The van der Waals surface area contributed by atoms with Crippen LogP contribution in [0.25, 0.3) is 0 Å². The summed E-state index contributed by atoms with van der Waals surface area (Å²) in [4.78, 5) is 16.4. The highest BCUT2D eigenvalue weighted by atomic mass is 32.2. The number of hydrogen-bond acceptors (Lipinski definition) is 3. The van der Waals surface area contributed by atoms with Crippen LogP contribution in [0.5, 0.6) is 0 Å². The highest BCUT2D eigenvalue weighted by molar-refractivity contribution is 8.03. The fourth-order valence-corrected chi connectivity index (χ4v) is 5.22. The number of benzene rings is 2. The average Bonchev–Trinajstić information content (AvgIpc) is 3.03. The van der Waals surface area contributed by atoms with Gasteiger partial charge in [0.15, 0.2) is 5.78 Å².